The Kier molecular flexibility index (Phi) is 3.26. The van der Waals surface area contributed by atoms with E-state index >= 15 is 0 Å². The first-order chi connectivity index (χ1) is 10.1. The van der Waals surface area contributed by atoms with Crippen LogP contribution in [0.3, 0.4) is 0 Å². The van der Waals surface area contributed by atoms with Crippen LogP contribution >= 0.6 is 0 Å². The molecule has 1 heterocycles. The molecule has 0 N–H and O–H groups in total. The average molecular weight is 279 g/mol. The highest BCUT2D eigenvalue weighted by atomic mass is 16.5. The fourth-order valence-electron chi connectivity index (χ4n) is 2.65. The van der Waals surface area contributed by atoms with Crippen LogP contribution in [-0.4, -0.2) is 17.5 Å². The molecule has 0 spiro atoms. The first-order valence-corrected chi connectivity index (χ1v) is 6.85. The van der Waals surface area contributed by atoms with E-state index in [4.69, 9.17) is 4.74 Å². The summed E-state index contributed by atoms with van der Waals surface area (Å²) in [6.45, 7) is 2.05. The molecule has 2 aromatic carbocycles. The topological polar surface area (TPSA) is 31.2 Å². The third-order valence-electron chi connectivity index (χ3n) is 3.74. The summed E-state index contributed by atoms with van der Waals surface area (Å²) in [5, 5.41) is 0.971. The van der Waals surface area contributed by atoms with Gasteiger partial charge in [0.15, 0.2) is 5.78 Å². The fourth-order valence-corrected chi connectivity index (χ4v) is 2.65. The van der Waals surface area contributed by atoms with Crippen molar-refractivity contribution in [1.82, 2.24) is 4.57 Å². The van der Waals surface area contributed by atoms with E-state index < -0.39 is 0 Å². The van der Waals surface area contributed by atoms with Crippen LogP contribution in [0.1, 0.15) is 21.5 Å². The van der Waals surface area contributed by atoms with E-state index in [1.54, 1.807) is 13.2 Å². The molecule has 3 rings (SSSR count). The van der Waals surface area contributed by atoms with E-state index in [1.807, 2.05) is 55.1 Å². The van der Waals surface area contributed by atoms with Crippen molar-refractivity contribution >= 4 is 16.7 Å². The van der Waals surface area contributed by atoms with Crippen molar-refractivity contribution in [3.8, 4) is 5.75 Å². The van der Waals surface area contributed by atoms with Crippen molar-refractivity contribution < 1.29 is 9.53 Å². The molecule has 0 atom stereocenters. The molecule has 21 heavy (non-hydrogen) atoms. The smallest absolute Gasteiger partial charge is 0.198 e. The first-order valence-electron chi connectivity index (χ1n) is 6.85. The number of hydrogen-bond donors (Lipinski definition) is 0. The highest BCUT2D eigenvalue weighted by Crippen LogP contribution is 2.27. The van der Waals surface area contributed by atoms with Gasteiger partial charge in [-0.05, 0) is 30.7 Å². The molecule has 0 saturated carbocycles. The molecule has 0 saturated heterocycles. The lowest BCUT2D eigenvalue weighted by molar-refractivity contribution is 0.103. The van der Waals surface area contributed by atoms with Crippen LogP contribution in [-0.2, 0) is 7.05 Å². The summed E-state index contributed by atoms with van der Waals surface area (Å²) in [6, 6.07) is 13.5. The molecule has 3 nitrogen and oxygen atoms in total. The maximum atomic E-state index is 12.8. The van der Waals surface area contributed by atoms with E-state index in [2.05, 4.69) is 6.07 Å². The average Bonchev–Trinajstić information content (AvgIpc) is 2.83. The SMILES string of the molecule is COc1ccccc1C(=O)c1cn(C)c2cc(C)ccc12. The number of fused-ring (bicyclic) bond motifs is 1. The standard InChI is InChI=1S/C18H17NO2/c1-12-8-9-13-15(11-19(2)16(13)10-12)18(20)14-6-4-5-7-17(14)21-3/h4-11H,1-3H3. The number of carbonyl (C=O) groups excluding carboxylic acids is 1. The lowest BCUT2D eigenvalue weighted by atomic mass is 10.0. The zero-order valence-corrected chi connectivity index (χ0v) is 12.4. The molecule has 1 aromatic heterocycles. The molecule has 0 bridgehead atoms. The molecular weight excluding hydrogens is 262 g/mol. The number of para-hydroxylation sites is 1. The predicted octanol–water partition coefficient (Wildman–Crippen LogP) is 3.73. The van der Waals surface area contributed by atoms with Crippen LogP contribution in [0.5, 0.6) is 5.75 Å². The third kappa shape index (κ3) is 2.21. The number of ketones is 1. The minimum atomic E-state index is -0.0121. The van der Waals surface area contributed by atoms with Crippen molar-refractivity contribution in [2.45, 2.75) is 6.92 Å². The summed E-state index contributed by atoms with van der Waals surface area (Å²) in [7, 11) is 3.54. The van der Waals surface area contributed by atoms with Crippen LogP contribution in [0.2, 0.25) is 0 Å². The number of aromatic nitrogens is 1. The van der Waals surface area contributed by atoms with Gasteiger partial charge in [0.1, 0.15) is 5.75 Å². The summed E-state index contributed by atoms with van der Waals surface area (Å²) in [6.07, 6.45) is 1.89. The molecule has 0 fully saturated rings. The molecule has 0 amide bonds. The normalized spacial score (nSPS) is 10.8. The van der Waals surface area contributed by atoms with Gasteiger partial charge in [0.05, 0.1) is 12.7 Å². The summed E-state index contributed by atoms with van der Waals surface area (Å²) in [5.74, 6) is 0.591. The van der Waals surface area contributed by atoms with Crippen LogP contribution in [0.4, 0.5) is 0 Å². The molecule has 0 unspecified atom stereocenters. The van der Waals surface area contributed by atoms with Gasteiger partial charge in [0.25, 0.3) is 0 Å². The fraction of sp³-hybridized carbons (Fsp3) is 0.167. The van der Waals surface area contributed by atoms with Gasteiger partial charge < -0.3 is 9.30 Å². The Morgan fingerprint density at radius 2 is 1.86 bits per heavy atom. The number of carbonyl (C=O) groups is 1. The van der Waals surface area contributed by atoms with E-state index in [0.717, 1.165) is 10.9 Å². The Hall–Kier alpha value is -2.55. The van der Waals surface area contributed by atoms with Gasteiger partial charge >= 0.3 is 0 Å². The van der Waals surface area contributed by atoms with Crippen LogP contribution in [0.15, 0.2) is 48.7 Å². The van der Waals surface area contributed by atoms with Crippen molar-refractivity contribution in [3.63, 3.8) is 0 Å². The molecule has 0 aliphatic rings. The number of rotatable bonds is 3. The van der Waals surface area contributed by atoms with E-state index in [0.29, 0.717) is 16.9 Å². The summed E-state index contributed by atoms with van der Waals surface area (Å²) in [5.41, 5.74) is 3.54. The Morgan fingerprint density at radius 1 is 1.10 bits per heavy atom. The van der Waals surface area contributed by atoms with E-state index in [-0.39, 0.29) is 5.78 Å². The van der Waals surface area contributed by atoms with Gasteiger partial charge in [-0.1, -0.05) is 24.3 Å². The minimum absolute atomic E-state index is 0.0121. The van der Waals surface area contributed by atoms with Crippen LogP contribution < -0.4 is 4.74 Å². The summed E-state index contributed by atoms with van der Waals surface area (Å²) in [4.78, 5) is 12.8. The lowest BCUT2D eigenvalue weighted by Gasteiger charge is -2.06. The van der Waals surface area contributed by atoms with Crippen molar-refractivity contribution in [3.05, 3.63) is 65.4 Å². The Labute approximate surface area is 123 Å². The summed E-state index contributed by atoms with van der Waals surface area (Å²) < 4.78 is 7.29. The number of hydrogen-bond acceptors (Lipinski definition) is 2. The highest BCUT2D eigenvalue weighted by molar-refractivity contribution is 6.17. The molecule has 3 heteroatoms. The largest absolute Gasteiger partial charge is 0.496 e. The minimum Gasteiger partial charge on any atom is -0.496 e. The number of aryl methyl sites for hydroxylation is 2. The molecular formula is C18H17NO2. The second-order valence-electron chi connectivity index (χ2n) is 5.20. The Morgan fingerprint density at radius 3 is 2.62 bits per heavy atom. The molecule has 3 aromatic rings. The second-order valence-corrected chi connectivity index (χ2v) is 5.20. The van der Waals surface area contributed by atoms with Gasteiger partial charge in [-0.15, -0.1) is 0 Å². The number of methoxy groups -OCH3 is 1. The van der Waals surface area contributed by atoms with E-state index in [1.165, 1.54) is 5.56 Å². The van der Waals surface area contributed by atoms with Crippen molar-refractivity contribution in [1.29, 1.82) is 0 Å². The zero-order valence-electron chi connectivity index (χ0n) is 12.4. The predicted molar refractivity (Wildman–Crippen MR) is 84.1 cm³/mol. The monoisotopic (exact) mass is 279 g/mol. The highest BCUT2D eigenvalue weighted by Gasteiger charge is 2.18. The maximum absolute atomic E-state index is 12.8. The van der Waals surface area contributed by atoms with Crippen LogP contribution in [0.25, 0.3) is 10.9 Å². The van der Waals surface area contributed by atoms with Gasteiger partial charge in [-0.25, -0.2) is 0 Å². The number of nitrogens with zero attached hydrogens (tertiary/aromatic N) is 1. The second kappa shape index (κ2) is 5.09. The Bertz CT molecular complexity index is 830. The quantitative estimate of drug-likeness (QED) is 0.684. The maximum Gasteiger partial charge on any atom is 0.198 e. The zero-order chi connectivity index (χ0) is 15.0. The van der Waals surface area contributed by atoms with Gasteiger partial charge in [-0.3, -0.25) is 4.79 Å². The van der Waals surface area contributed by atoms with Gasteiger partial charge in [0.2, 0.25) is 0 Å². The number of ether oxygens (including phenoxy) is 1. The van der Waals surface area contributed by atoms with E-state index in [9.17, 15) is 4.79 Å². The van der Waals surface area contributed by atoms with Gasteiger partial charge in [-0.2, -0.15) is 0 Å². The van der Waals surface area contributed by atoms with Crippen molar-refractivity contribution in [2.75, 3.05) is 7.11 Å². The third-order valence-corrected chi connectivity index (χ3v) is 3.74. The lowest BCUT2D eigenvalue weighted by Crippen LogP contribution is -2.03. The first kappa shape index (κ1) is 13.4. The molecule has 0 radical (unpaired) electrons. The number of benzene rings is 2. The molecule has 106 valence electrons. The summed E-state index contributed by atoms with van der Waals surface area (Å²) >= 11 is 0. The van der Waals surface area contributed by atoms with Gasteiger partial charge in [0, 0.05) is 29.7 Å². The van der Waals surface area contributed by atoms with Crippen molar-refractivity contribution in [2.24, 2.45) is 7.05 Å². The Balaban J connectivity index is 2.19. The molecule has 0 aliphatic heterocycles. The molecule has 0 aliphatic carbocycles. The van der Waals surface area contributed by atoms with Crippen LogP contribution in [0, 0.1) is 6.92 Å².